The topological polar surface area (TPSA) is 78.4 Å². The van der Waals surface area contributed by atoms with Crippen LogP contribution in [0.5, 0.6) is 5.75 Å². The maximum absolute atomic E-state index is 12.1. The summed E-state index contributed by atoms with van der Waals surface area (Å²) in [6.45, 7) is 3.96. The third-order valence-corrected chi connectivity index (χ3v) is 3.45. The molecule has 110 valence electrons. The van der Waals surface area contributed by atoms with Gasteiger partial charge in [-0.25, -0.2) is 0 Å². The van der Waals surface area contributed by atoms with Crippen LogP contribution in [0.2, 0.25) is 0 Å². The van der Waals surface area contributed by atoms with E-state index in [1.807, 2.05) is 13.8 Å². The number of amides is 2. The molecule has 1 aromatic rings. The van der Waals surface area contributed by atoms with Gasteiger partial charge in [-0.3, -0.25) is 9.59 Å². The second-order valence-corrected chi connectivity index (χ2v) is 5.79. The van der Waals surface area contributed by atoms with Crippen molar-refractivity contribution in [3.8, 4) is 5.75 Å². The average Bonchev–Trinajstić information content (AvgIpc) is 2.39. The SMILES string of the molecule is CNC(=O)C(CC(C)C)NC(=O)c1ccc(Br)c(O)c1. The molecule has 0 aromatic heterocycles. The van der Waals surface area contributed by atoms with Gasteiger partial charge in [-0.2, -0.15) is 0 Å². The monoisotopic (exact) mass is 342 g/mol. The van der Waals surface area contributed by atoms with Crippen LogP contribution in [0.15, 0.2) is 22.7 Å². The molecule has 0 radical (unpaired) electrons. The lowest BCUT2D eigenvalue weighted by molar-refractivity contribution is -0.122. The Hall–Kier alpha value is -1.56. The maximum atomic E-state index is 12.1. The van der Waals surface area contributed by atoms with Crippen LogP contribution in [0.1, 0.15) is 30.6 Å². The number of carbonyl (C=O) groups is 2. The first-order valence-corrected chi connectivity index (χ1v) is 7.15. The zero-order chi connectivity index (χ0) is 15.3. The minimum atomic E-state index is -0.585. The molecule has 3 N–H and O–H groups in total. The molecule has 0 aliphatic carbocycles. The fraction of sp³-hybridized carbons (Fsp3) is 0.429. The van der Waals surface area contributed by atoms with Crippen molar-refractivity contribution >= 4 is 27.7 Å². The first-order chi connectivity index (χ1) is 9.35. The number of halogens is 1. The van der Waals surface area contributed by atoms with E-state index in [4.69, 9.17) is 0 Å². The van der Waals surface area contributed by atoms with Crippen LogP contribution in [0.4, 0.5) is 0 Å². The molecule has 1 aromatic carbocycles. The Morgan fingerprint density at radius 2 is 2.00 bits per heavy atom. The van der Waals surface area contributed by atoms with E-state index in [-0.39, 0.29) is 23.5 Å². The average molecular weight is 343 g/mol. The summed E-state index contributed by atoms with van der Waals surface area (Å²) in [6, 6.07) is 3.94. The summed E-state index contributed by atoms with van der Waals surface area (Å²) < 4.78 is 0.513. The second-order valence-electron chi connectivity index (χ2n) is 4.94. The number of phenols is 1. The highest BCUT2D eigenvalue weighted by Crippen LogP contribution is 2.24. The first-order valence-electron chi connectivity index (χ1n) is 6.36. The Morgan fingerprint density at radius 1 is 1.35 bits per heavy atom. The van der Waals surface area contributed by atoms with Crippen LogP contribution in [0.3, 0.4) is 0 Å². The molecule has 0 saturated heterocycles. The second kappa shape index (κ2) is 7.28. The van der Waals surface area contributed by atoms with E-state index in [0.717, 1.165) is 0 Å². The van der Waals surface area contributed by atoms with Crippen molar-refractivity contribution in [2.45, 2.75) is 26.3 Å². The Balaban J connectivity index is 2.84. The number of phenolic OH excluding ortho intramolecular Hbond substituents is 1. The molecule has 0 fully saturated rings. The summed E-state index contributed by atoms with van der Waals surface area (Å²) in [5.41, 5.74) is 0.309. The summed E-state index contributed by atoms with van der Waals surface area (Å²) in [7, 11) is 1.53. The number of aromatic hydroxyl groups is 1. The summed E-state index contributed by atoms with van der Waals surface area (Å²) in [5, 5.41) is 14.8. The fourth-order valence-corrected chi connectivity index (χ4v) is 2.02. The zero-order valence-electron chi connectivity index (χ0n) is 11.7. The highest BCUT2D eigenvalue weighted by molar-refractivity contribution is 9.10. The molecule has 0 heterocycles. The van der Waals surface area contributed by atoms with Gasteiger partial charge in [0.15, 0.2) is 0 Å². The third-order valence-electron chi connectivity index (χ3n) is 2.78. The highest BCUT2D eigenvalue weighted by atomic mass is 79.9. The number of rotatable bonds is 5. The molecule has 2 amide bonds. The van der Waals surface area contributed by atoms with Crippen molar-refractivity contribution < 1.29 is 14.7 Å². The van der Waals surface area contributed by atoms with E-state index < -0.39 is 6.04 Å². The predicted molar refractivity (Wildman–Crippen MR) is 80.6 cm³/mol. The maximum Gasteiger partial charge on any atom is 0.252 e. The molecule has 5 nitrogen and oxygen atoms in total. The van der Waals surface area contributed by atoms with Gasteiger partial charge >= 0.3 is 0 Å². The van der Waals surface area contributed by atoms with Crippen molar-refractivity contribution in [3.63, 3.8) is 0 Å². The molecule has 0 aliphatic heterocycles. The fourth-order valence-electron chi connectivity index (χ4n) is 1.77. The van der Waals surface area contributed by atoms with Crippen LogP contribution in [0.25, 0.3) is 0 Å². The Bertz CT molecular complexity index is 503. The Labute approximate surface area is 126 Å². The first kappa shape index (κ1) is 16.5. The van der Waals surface area contributed by atoms with Crippen molar-refractivity contribution in [3.05, 3.63) is 28.2 Å². The summed E-state index contributed by atoms with van der Waals surface area (Å²) in [4.78, 5) is 23.9. The normalized spacial score (nSPS) is 12.1. The largest absolute Gasteiger partial charge is 0.507 e. The lowest BCUT2D eigenvalue weighted by Crippen LogP contribution is -2.46. The minimum absolute atomic E-state index is 0.0157. The number of likely N-dealkylation sites (N-methyl/N-ethyl adjacent to an activating group) is 1. The van der Waals surface area contributed by atoms with Crippen molar-refractivity contribution in [1.29, 1.82) is 0 Å². The van der Waals surface area contributed by atoms with Gasteiger partial charge in [0.2, 0.25) is 5.91 Å². The number of hydrogen-bond acceptors (Lipinski definition) is 3. The van der Waals surface area contributed by atoms with Gasteiger partial charge < -0.3 is 15.7 Å². The van der Waals surface area contributed by atoms with Gasteiger partial charge in [0.1, 0.15) is 11.8 Å². The lowest BCUT2D eigenvalue weighted by atomic mass is 10.0. The van der Waals surface area contributed by atoms with Crippen LogP contribution in [-0.4, -0.2) is 30.0 Å². The molecule has 20 heavy (non-hydrogen) atoms. The van der Waals surface area contributed by atoms with E-state index in [1.54, 1.807) is 12.1 Å². The van der Waals surface area contributed by atoms with E-state index in [0.29, 0.717) is 16.5 Å². The number of nitrogens with one attached hydrogen (secondary N) is 2. The van der Waals surface area contributed by atoms with E-state index in [2.05, 4.69) is 26.6 Å². The van der Waals surface area contributed by atoms with Gasteiger partial charge in [0.25, 0.3) is 5.91 Å². The number of benzene rings is 1. The van der Waals surface area contributed by atoms with Gasteiger partial charge in [-0.15, -0.1) is 0 Å². The van der Waals surface area contributed by atoms with E-state index in [1.165, 1.54) is 13.1 Å². The summed E-state index contributed by atoms with van der Waals surface area (Å²) in [5.74, 6) is -0.357. The Kier molecular flexibility index (Phi) is 6.01. The lowest BCUT2D eigenvalue weighted by Gasteiger charge is -2.19. The molecule has 6 heteroatoms. The molecule has 1 rings (SSSR count). The van der Waals surface area contributed by atoms with Crippen LogP contribution < -0.4 is 10.6 Å². The molecular formula is C14H19BrN2O3. The predicted octanol–water partition coefficient (Wildman–Crippen LogP) is 2.05. The van der Waals surface area contributed by atoms with Crippen molar-refractivity contribution in [2.24, 2.45) is 5.92 Å². The molecule has 1 atom stereocenters. The minimum Gasteiger partial charge on any atom is -0.507 e. The van der Waals surface area contributed by atoms with Gasteiger partial charge in [-0.1, -0.05) is 13.8 Å². The zero-order valence-corrected chi connectivity index (χ0v) is 13.3. The van der Waals surface area contributed by atoms with Gasteiger partial charge in [-0.05, 0) is 46.5 Å². The summed E-state index contributed by atoms with van der Waals surface area (Å²) in [6.07, 6.45) is 0.550. The van der Waals surface area contributed by atoms with E-state index >= 15 is 0 Å². The molecule has 0 bridgehead atoms. The number of hydrogen-bond donors (Lipinski definition) is 3. The number of carbonyl (C=O) groups excluding carboxylic acids is 2. The summed E-state index contributed by atoms with van der Waals surface area (Å²) >= 11 is 3.15. The molecule has 1 unspecified atom stereocenters. The smallest absolute Gasteiger partial charge is 0.252 e. The molecular weight excluding hydrogens is 324 g/mol. The van der Waals surface area contributed by atoms with E-state index in [9.17, 15) is 14.7 Å². The van der Waals surface area contributed by atoms with Crippen LogP contribution >= 0.6 is 15.9 Å². The Morgan fingerprint density at radius 3 is 2.50 bits per heavy atom. The quantitative estimate of drug-likeness (QED) is 0.766. The molecule has 0 saturated carbocycles. The van der Waals surface area contributed by atoms with Gasteiger partial charge in [0, 0.05) is 12.6 Å². The van der Waals surface area contributed by atoms with Gasteiger partial charge in [0.05, 0.1) is 4.47 Å². The van der Waals surface area contributed by atoms with Crippen LogP contribution in [0, 0.1) is 5.92 Å². The highest BCUT2D eigenvalue weighted by Gasteiger charge is 2.21. The molecule has 0 aliphatic rings. The standard InChI is InChI=1S/C14H19BrN2O3/c1-8(2)6-11(14(20)16-3)17-13(19)9-4-5-10(15)12(18)7-9/h4-5,7-8,11,18H,6H2,1-3H3,(H,16,20)(H,17,19). The van der Waals surface area contributed by atoms with Crippen molar-refractivity contribution in [1.82, 2.24) is 10.6 Å². The van der Waals surface area contributed by atoms with Crippen molar-refractivity contribution in [2.75, 3.05) is 7.05 Å². The van der Waals surface area contributed by atoms with Crippen LogP contribution in [-0.2, 0) is 4.79 Å². The third kappa shape index (κ3) is 4.52. The molecule has 0 spiro atoms.